The van der Waals surface area contributed by atoms with Gasteiger partial charge in [0.1, 0.15) is 0 Å². The van der Waals surface area contributed by atoms with Crippen LogP contribution >= 0.6 is 0 Å². The normalized spacial score (nSPS) is 8.11. The smallest absolute Gasteiger partial charge is 0.0213 e. The Balaban J connectivity index is 0.000000640. The van der Waals surface area contributed by atoms with Crippen LogP contribution < -0.4 is 0 Å². The number of hydrogen-bond donors (Lipinski definition) is 0. The van der Waals surface area contributed by atoms with Crippen LogP contribution in [0.5, 0.6) is 0 Å². The molecule has 0 saturated carbocycles. The van der Waals surface area contributed by atoms with Crippen LogP contribution in [0, 0.1) is 6.33 Å². The number of aromatic nitrogens is 2. The predicted molar refractivity (Wildman–Crippen MR) is 30.2 cm³/mol. The molecule has 0 bridgehead atoms. The molecule has 0 unspecified atom stereocenters. The van der Waals surface area contributed by atoms with Gasteiger partial charge >= 0.3 is 0 Å². The molecule has 0 aromatic carbocycles. The first-order chi connectivity index (χ1) is 3.93. The zero-order chi connectivity index (χ0) is 5.82. The summed E-state index contributed by atoms with van der Waals surface area (Å²) in [7, 11) is 0. The first kappa shape index (κ1) is 9.18. The van der Waals surface area contributed by atoms with Gasteiger partial charge in [-0.05, 0) is 0 Å². The number of nitrogens with zero attached hydrogens (tertiary/aromatic N) is 2. The summed E-state index contributed by atoms with van der Waals surface area (Å²) >= 11 is 0. The Labute approximate surface area is 80.0 Å². The minimum atomic E-state index is 0. The summed E-state index contributed by atoms with van der Waals surface area (Å²) in [4.78, 5) is 7.44. The van der Waals surface area contributed by atoms with Crippen LogP contribution in [-0.2, 0) is 39.1 Å². The summed E-state index contributed by atoms with van der Waals surface area (Å²) in [5, 5.41) is 0. The standard InChI is InChI=1S/C6H7N2.Y/c1-2-6-3-7-5-8-4-6;/h3-4H,2H2,1H3;/q-1;. The average Bonchev–Trinajstić information content (AvgIpc) is 1.90. The van der Waals surface area contributed by atoms with Crippen molar-refractivity contribution in [3.8, 4) is 0 Å². The van der Waals surface area contributed by atoms with Gasteiger partial charge < -0.3 is 9.97 Å². The van der Waals surface area contributed by atoms with Crippen molar-refractivity contribution in [1.82, 2.24) is 9.97 Å². The molecule has 0 aliphatic rings. The van der Waals surface area contributed by atoms with E-state index in [0.29, 0.717) is 0 Å². The van der Waals surface area contributed by atoms with Crippen LogP contribution in [0.25, 0.3) is 0 Å². The third kappa shape index (κ3) is 3.02. The fraction of sp³-hybridized carbons (Fsp3) is 0.333. The van der Waals surface area contributed by atoms with E-state index in [1.807, 2.05) is 0 Å². The van der Waals surface area contributed by atoms with Gasteiger partial charge in [0.25, 0.3) is 0 Å². The van der Waals surface area contributed by atoms with Crippen LogP contribution in [0.1, 0.15) is 12.5 Å². The Morgan fingerprint density at radius 3 is 2.33 bits per heavy atom. The van der Waals surface area contributed by atoms with Crippen molar-refractivity contribution in [2.24, 2.45) is 0 Å². The van der Waals surface area contributed by atoms with Gasteiger partial charge in [-0.1, -0.05) is 25.7 Å². The summed E-state index contributed by atoms with van der Waals surface area (Å²) in [5.41, 5.74) is 1.16. The van der Waals surface area contributed by atoms with Crippen LogP contribution in [0.3, 0.4) is 0 Å². The Kier molecular flexibility index (Phi) is 5.11. The molecule has 0 saturated heterocycles. The topological polar surface area (TPSA) is 25.8 Å². The van der Waals surface area contributed by atoms with E-state index in [2.05, 4.69) is 23.2 Å². The maximum Gasteiger partial charge on any atom is 0.0213 e. The molecule has 0 spiro atoms. The molecule has 1 aromatic heterocycles. The largest absolute Gasteiger partial charge is 0.374 e. The van der Waals surface area contributed by atoms with E-state index in [1.165, 1.54) is 0 Å². The van der Waals surface area contributed by atoms with Gasteiger partial charge in [-0.15, -0.1) is 5.56 Å². The average molecular weight is 196 g/mol. The van der Waals surface area contributed by atoms with Crippen molar-refractivity contribution in [3.63, 3.8) is 0 Å². The van der Waals surface area contributed by atoms with Crippen molar-refractivity contribution in [1.29, 1.82) is 0 Å². The molecule has 0 aliphatic carbocycles. The minimum absolute atomic E-state index is 0. The Morgan fingerprint density at radius 1 is 1.44 bits per heavy atom. The SMILES string of the molecule is CCc1cn[c-]nc1.[Y]. The van der Waals surface area contributed by atoms with Gasteiger partial charge in [-0.2, -0.15) is 0 Å². The maximum absolute atomic E-state index is 3.72. The van der Waals surface area contributed by atoms with Crippen LogP contribution in [-0.4, -0.2) is 9.97 Å². The molecule has 1 heterocycles. The van der Waals surface area contributed by atoms with E-state index in [0.717, 1.165) is 12.0 Å². The zero-order valence-corrected chi connectivity index (χ0v) is 8.17. The van der Waals surface area contributed by atoms with E-state index < -0.39 is 0 Å². The predicted octanol–water partition coefficient (Wildman–Crippen LogP) is 0.837. The molecule has 45 valence electrons. The Morgan fingerprint density at radius 2 is 2.00 bits per heavy atom. The van der Waals surface area contributed by atoms with E-state index in [9.17, 15) is 0 Å². The van der Waals surface area contributed by atoms with E-state index in [4.69, 9.17) is 0 Å². The summed E-state index contributed by atoms with van der Waals surface area (Å²) < 4.78 is 0. The van der Waals surface area contributed by atoms with Crippen LogP contribution in [0.15, 0.2) is 12.4 Å². The van der Waals surface area contributed by atoms with Crippen molar-refractivity contribution in [3.05, 3.63) is 24.3 Å². The van der Waals surface area contributed by atoms with E-state index in [1.54, 1.807) is 12.4 Å². The molecule has 1 rings (SSSR count). The number of hydrogen-bond acceptors (Lipinski definition) is 2. The molecule has 0 amide bonds. The summed E-state index contributed by atoms with van der Waals surface area (Å²) in [6.45, 7) is 2.07. The molecule has 9 heavy (non-hydrogen) atoms. The fourth-order valence-electron chi connectivity index (χ4n) is 0.473. The zero-order valence-electron chi connectivity index (χ0n) is 5.33. The second-order valence-corrected chi connectivity index (χ2v) is 1.54. The Bertz CT molecular complexity index is 152. The monoisotopic (exact) mass is 196 g/mol. The third-order valence-corrected chi connectivity index (χ3v) is 0.984. The molecule has 2 nitrogen and oxygen atoms in total. The molecule has 0 aliphatic heterocycles. The van der Waals surface area contributed by atoms with Crippen molar-refractivity contribution in [2.75, 3.05) is 0 Å². The van der Waals surface area contributed by atoms with Crippen LogP contribution in [0.4, 0.5) is 0 Å². The van der Waals surface area contributed by atoms with Gasteiger partial charge in [0.15, 0.2) is 0 Å². The van der Waals surface area contributed by atoms with Crippen molar-refractivity contribution >= 4 is 0 Å². The second-order valence-electron chi connectivity index (χ2n) is 1.54. The molecule has 3 heteroatoms. The quantitative estimate of drug-likeness (QED) is 0.622. The molecule has 0 N–H and O–H groups in total. The molecule has 0 atom stereocenters. The summed E-state index contributed by atoms with van der Waals surface area (Å²) in [6.07, 6.45) is 7.00. The van der Waals surface area contributed by atoms with Gasteiger partial charge in [0.05, 0.1) is 0 Å². The molecule has 1 aromatic rings. The molecular formula is C6H7N2Y-. The maximum atomic E-state index is 3.72. The van der Waals surface area contributed by atoms with Crippen molar-refractivity contribution in [2.45, 2.75) is 13.3 Å². The summed E-state index contributed by atoms with van der Waals surface area (Å²) in [5.74, 6) is 0. The molecule has 0 fully saturated rings. The first-order valence-corrected chi connectivity index (χ1v) is 2.60. The fourth-order valence-corrected chi connectivity index (χ4v) is 0.473. The number of rotatable bonds is 1. The minimum Gasteiger partial charge on any atom is -0.374 e. The van der Waals surface area contributed by atoms with Gasteiger partial charge in [0, 0.05) is 39.0 Å². The van der Waals surface area contributed by atoms with Gasteiger partial charge in [-0.3, -0.25) is 0 Å². The van der Waals surface area contributed by atoms with Gasteiger partial charge in [-0.25, -0.2) is 0 Å². The van der Waals surface area contributed by atoms with E-state index >= 15 is 0 Å². The van der Waals surface area contributed by atoms with E-state index in [-0.39, 0.29) is 32.7 Å². The van der Waals surface area contributed by atoms with Gasteiger partial charge in [0.2, 0.25) is 0 Å². The molecule has 1 radical (unpaired) electrons. The number of aryl methyl sites for hydroxylation is 1. The third-order valence-electron chi connectivity index (χ3n) is 0.984. The van der Waals surface area contributed by atoms with Crippen molar-refractivity contribution < 1.29 is 32.7 Å². The Hall–Kier alpha value is 0.184. The van der Waals surface area contributed by atoms with Crippen LogP contribution in [0.2, 0.25) is 0 Å². The molecular weight excluding hydrogens is 189 g/mol. The summed E-state index contributed by atoms with van der Waals surface area (Å²) in [6, 6.07) is 0. The first-order valence-electron chi connectivity index (χ1n) is 2.60. The second kappa shape index (κ2) is 5.01.